The van der Waals surface area contributed by atoms with Gasteiger partial charge in [0.05, 0.1) is 16.4 Å². The van der Waals surface area contributed by atoms with Crippen LogP contribution < -0.4 is 11.1 Å². The van der Waals surface area contributed by atoms with E-state index in [4.69, 9.17) is 17.3 Å². The number of rotatable bonds is 2. The standard InChI is InChI=1S/C14H15ClN2/c1-9-5-3-8-13(10(9)2)17-14-11(15)6-4-7-12(14)16/h3-8,17H,16H2,1-2H3. The molecule has 0 radical (unpaired) electrons. The Morgan fingerprint density at radius 1 is 1.06 bits per heavy atom. The Morgan fingerprint density at radius 2 is 1.76 bits per heavy atom. The molecular formula is C14H15ClN2. The van der Waals surface area contributed by atoms with Crippen LogP contribution in [0.2, 0.25) is 5.02 Å². The van der Waals surface area contributed by atoms with E-state index in [0.717, 1.165) is 11.4 Å². The van der Waals surface area contributed by atoms with Gasteiger partial charge in [0.15, 0.2) is 0 Å². The van der Waals surface area contributed by atoms with Gasteiger partial charge in [0.25, 0.3) is 0 Å². The minimum Gasteiger partial charge on any atom is -0.397 e. The van der Waals surface area contributed by atoms with Crippen LogP contribution in [0.1, 0.15) is 11.1 Å². The molecule has 17 heavy (non-hydrogen) atoms. The summed E-state index contributed by atoms with van der Waals surface area (Å²) in [6, 6.07) is 11.6. The average molecular weight is 247 g/mol. The van der Waals surface area contributed by atoms with Gasteiger partial charge in [-0.3, -0.25) is 0 Å². The summed E-state index contributed by atoms with van der Waals surface area (Å²) < 4.78 is 0. The molecule has 0 saturated carbocycles. The molecule has 0 fully saturated rings. The topological polar surface area (TPSA) is 38.0 Å². The zero-order valence-electron chi connectivity index (χ0n) is 9.92. The summed E-state index contributed by atoms with van der Waals surface area (Å²) in [4.78, 5) is 0. The second-order valence-corrected chi connectivity index (χ2v) is 4.48. The molecule has 3 N–H and O–H groups in total. The molecule has 0 aliphatic carbocycles. The fraction of sp³-hybridized carbons (Fsp3) is 0.143. The number of aryl methyl sites for hydroxylation is 1. The van der Waals surface area contributed by atoms with E-state index >= 15 is 0 Å². The van der Waals surface area contributed by atoms with Crippen molar-refractivity contribution in [2.45, 2.75) is 13.8 Å². The van der Waals surface area contributed by atoms with Crippen molar-refractivity contribution in [3.63, 3.8) is 0 Å². The lowest BCUT2D eigenvalue weighted by Gasteiger charge is -2.14. The largest absolute Gasteiger partial charge is 0.397 e. The molecule has 0 aliphatic rings. The van der Waals surface area contributed by atoms with Gasteiger partial charge in [-0.1, -0.05) is 29.8 Å². The molecule has 0 unspecified atom stereocenters. The fourth-order valence-electron chi connectivity index (χ4n) is 1.69. The van der Waals surface area contributed by atoms with Crippen molar-refractivity contribution in [3.05, 3.63) is 52.5 Å². The summed E-state index contributed by atoms with van der Waals surface area (Å²) in [6.07, 6.45) is 0. The van der Waals surface area contributed by atoms with Crippen molar-refractivity contribution in [2.24, 2.45) is 0 Å². The average Bonchev–Trinajstić information content (AvgIpc) is 2.29. The number of hydrogen-bond acceptors (Lipinski definition) is 2. The van der Waals surface area contributed by atoms with Crippen LogP contribution in [0.3, 0.4) is 0 Å². The van der Waals surface area contributed by atoms with E-state index in [0.29, 0.717) is 10.7 Å². The number of nitrogen functional groups attached to an aromatic ring is 1. The highest BCUT2D eigenvalue weighted by molar-refractivity contribution is 6.34. The summed E-state index contributed by atoms with van der Waals surface area (Å²) >= 11 is 6.13. The van der Waals surface area contributed by atoms with E-state index < -0.39 is 0 Å². The minimum absolute atomic E-state index is 0.630. The molecule has 2 rings (SSSR count). The lowest BCUT2D eigenvalue weighted by atomic mass is 10.1. The summed E-state index contributed by atoms with van der Waals surface area (Å²) in [6.45, 7) is 4.15. The van der Waals surface area contributed by atoms with Gasteiger partial charge in [0, 0.05) is 5.69 Å². The molecule has 0 aromatic heterocycles. The van der Waals surface area contributed by atoms with Crippen LogP contribution in [-0.4, -0.2) is 0 Å². The van der Waals surface area contributed by atoms with Gasteiger partial charge in [-0.15, -0.1) is 0 Å². The predicted molar refractivity (Wildman–Crippen MR) is 75.1 cm³/mol. The molecule has 0 atom stereocenters. The maximum Gasteiger partial charge on any atom is 0.0807 e. The highest BCUT2D eigenvalue weighted by atomic mass is 35.5. The predicted octanol–water partition coefficient (Wildman–Crippen LogP) is 4.28. The first-order valence-electron chi connectivity index (χ1n) is 5.47. The highest BCUT2D eigenvalue weighted by Gasteiger charge is 2.06. The van der Waals surface area contributed by atoms with Gasteiger partial charge >= 0.3 is 0 Å². The van der Waals surface area contributed by atoms with Crippen molar-refractivity contribution in [1.82, 2.24) is 0 Å². The summed E-state index contributed by atoms with van der Waals surface area (Å²) in [5, 5.41) is 3.92. The Bertz CT molecular complexity index is 530. The molecule has 0 saturated heterocycles. The minimum atomic E-state index is 0.630. The van der Waals surface area contributed by atoms with Crippen molar-refractivity contribution >= 4 is 28.7 Å². The maximum atomic E-state index is 6.13. The lowest BCUT2D eigenvalue weighted by Crippen LogP contribution is -1.99. The number of halogens is 1. The van der Waals surface area contributed by atoms with E-state index in [1.54, 1.807) is 0 Å². The van der Waals surface area contributed by atoms with Gasteiger partial charge in [0.1, 0.15) is 0 Å². The fourth-order valence-corrected chi connectivity index (χ4v) is 1.92. The van der Waals surface area contributed by atoms with Gasteiger partial charge in [0.2, 0.25) is 0 Å². The summed E-state index contributed by atoms with van der Waals surface area (Å²) in [5.74, 6) is 0. The normalized spacial score (nSPS) is 10.3. The molecule has 0 aliphatic heterocycles. The van der Waals surface area contributed by atoms with Crippen LogP contribution in [0.25, 0.3) is 0 Å². The maximum absolute atomic E-state index is 6.13. The van der Waals surface area contributed by atoms with Gasteiger partial charge in [-0.2, -0.15) is 0 Å². The van der Waals surface area contributed by atoms with Crippen LogP contribution in [0.5, 0.6) is 0 Å². The highest BCUT2D eigenvalue weighted by Crippen LogP contribution is 2.32. The molecule has 3 heteroatoms. The second-order valence-electron chi connectivity index (χ2n) is 4.08. The third-order valence-corrected chi connectivity index (χ3v) is 3.23. The molecule has 0 spiro atoms. The number of anilines is 3. The molecule has 2 nitrogen and oxygen atoms in total. The van der Waals surface area contributed by atoms with E-state index in [2.05, 4.69) is 25.2 Å². The molecule has 0 bridgehead atoms. The van der Waals surface area contributed by atoms with Crippen molar-refractivity contribution in [3.8, 4) is 0 Å². The Kier molecular flexibility index (Phi) is 3.25. The third-order valence-electron chi connectivity index (χ3n) is 2.91. The van der Waals surface area contributed by atoms with Crippen LogP contribution in [0, 0.1) is 13.8 Å². The number of para-hydroxylation sites is 1. The Morgan fingerprint density at radius 3 is 2.47 bits per heavy atom. The number of nitrogens with one attached hydrogen (secondary N) is 1. The van der Waals surface area contributed by atoms with E-state index in [1.165, 1.54) is 11.1 Å². The quantitative estimate of drug-likeness (QED) is 0.776. The lowest BCUT2D eigenvalue weighted by molar-refractivity contribution is 1.33. The first kappa shape index (κ1) is 11.8. The first-order chi connectivity index (χ1) is 8.09. The zero-order chi connectivity index (χ0) is 12.4. The molecule has 2 aromatic carbocycles. The van der Waals surface area contributed by atoms with Crippen molar-refractivity contribution in [2.75, 3.05) is 11.1 Å². The SMILES string of the molecule is Cc1cccc(Nc2c(N)cccc2Cl)c1C. The second kappa shape index (κ2) is 4.68. The van der Waals surface area contributed by atoms with Crippen LogP contribution >= 0.6 is 11.6 Å². The van der Waals surface area contributed by atoms with E-state index in [9.17, 15) is 0 Å². The van der Waals surface area contributed by atoms with E-state index in [1.807, 2.05) is 30.3 Å². The third kappa shape index (κ3) is 2.37. The van der Waals surface area contributed by atoms with Crippen LogP contribution in [0.15, 0.2) is 36.4 Å². The van der Waals surface area contributed by atoms with Crippen molar-refractivity contribution in [1.29, 1.82) is 0 Å². The summed E-state index contributed by atoms with van der Waals surface area (Å²) in [7, 11) is 0. The Balaban J connectivity index is 2.42. The van der Waals surface area contributed by atoms with Crippen LogP contribution in [0.4, 0.5) is 17.1 Å². The molecular weight excluding hydrogens is 232 g/mol. The number of hydrogen-bond donors (Lipinski definition) is 2. The van der Waals surface area contributed by atoms with Gasteiger partial charge < -0.3 is 11.1 Å². The van der Waals surface area contributed by atoms with E-state index in [-0.39, 0.29) is 0 Å². The number of nitrogens with two attached hydrogens (primary N) is 1. The Hall–Kier alpha value is -1.67. The molecule has 2 aromatic rings. The Labute approximate surface area is 106 Å². The molecule has 0 heterocycles. The number of benzene rings is 2. The van der Waals surface area contributed by atoms with Crippen LogP contribution in [-0.2, 0) is 0 Å². The smallest absolute Gasteiger partial charge is 0.0807 e. The van der Waals surface area contributed by atoms with Crippen molar-refractivity contribution < 1.29 is 0 Å². The molecule has 88 valence electrons. The monoisotopic (exact) mass is 246 g/mol. The zero-order valence-corrected chi connectivity index (χ0v) is 10.7. The van der Waals surface area contributed by atoms with Gasteiger partial charge in [-0.25, -0.2) is 0 Å². The first-order valence-corrected chi connectivity index (χ1v) is 5.84. The summed E-state index contributed by atoms with van der Waals surface area (Å²) in [5.41, 5.74) is 10.8. The molecule has 0 amide bonds. The van der Waals surface area contributed by atoms with Gasteiger partial charge in [-0.05, 0) is 43.2 Å².